The lowest BCUT2D eigenvalue weighted by Crippen LogP contribution is -2.28. The van der Waals surface area contributed by atoms with Gasteiger partial charge in [0.25, 0.3) is 0 Å². The molecule has 1 N–H and O–H groups in total. The van der Waals surface area contributed by atoms with Crippen molar-refractivity contribution >= 4 is 34.4 Å². The zero-order valence-electron chi connectivity index (χ0n) is 22.2. The smallest absolute Gasteiger partial charge is 0.230 e. The second-order valence-electron chi connectivity index (χ2n) is 10.1. The molecule has 0 bridgehead atoms. The van der Waals surface area contributed by atoms with Gasteiger partial charge in [0.2, 0.25) is 11.8 Å². The average molecular weight is 521 g/mol. The lowest BCUT2D eigenvalue weighted by Gasteiger charge is -2.17. The molecule has 1 unspecified atom stereocenters. The van der Waals surface area contributed by atoms with Crippen molar-refractivity contribution in [1.82, 2.24) is 29.5 Å². The third-order valence-electron chi connectivity index (χ3n) is 7.05. The Balaban J connectivity index is 1.29. The molecule has 2 amide bonds. The molecule has 6 rings (SSSR count). The summed E-state index contributed by atoms with van der Waals surface area (Å²) in [5, 5.41) is 12.9. The second kappa shape index (κ2) is 9.46. The molecular weight excluding hydrogens is 492 g/mol. The molecule has 1 saturated heterocycles. The van der Waals surface area contributed by atoms with Gasteiger partial charge in [-0.25, -0.2) is 14.6 Å². The normalized spacial score (nSPS) is 15.3. The maximum absolute atomic E-state index is 13.3. The van der Waals surface area contributed by atoms with E-state index in [4.69, 9.17) is 0 Å². The molecule has 1 atom stereocenters. The third kappa shape index (κ3) is 4.43. The molecule has 3 aromatic heterocycles. The molecule has 10 heteroatoms. The van der Waals surface area contributed by atoms with Gasteiger partial charge in [-0.3, -0.25) is 9.59 Å². The Morgan fingerprint density at radius 2 is 1.72 bits per heavy atom. The number of hydrogen-bond acceptors (Lipinski definition) is 6. The number of benzene rings is 2. The molecule has 10 nitrogen and oxygen atoms in total. The summed E-state index contributed by atoms with van der Waals surface area (Å²) in [4.78, 5) is 36.7. The highest BCUT2D eigenvalue weighted by Gasteiger charge is 2.35. The van der Waals surface area contributed by atoms with E-state index < -0.39 is 5.92 Å². The minimum Gasteiger partial charge on any atom is -0.312 e. The number of nitrogens with zero attached hydrogens (tertiary/aromatic N) is 7. The van der Waals surface area contributed by atoms with E-state index >= 15 is 0 Å². The van der Waals surface area contributed by atoms with Crippen LogP contribution in [-0.4, -0.2) is 47.9 Å². The highest BCUT2D eigenvalue weighted by atomic mass is 16.2. The summed E-state index contributed by atoms with van der Waals surface area (Å²) in [7, 11) is 0. The summed E-state index contributed by atoms with van der Waals surface area (Å²) in [6.45, 7) is 8.26. The van der Waals surface area contributed by atoms with E-state index in [1.165, 1.54) is 11.9 Å². The van der Waals surface area contributed by atoms with Crippen molar-refractivity contribution in [3.05, 3.63) is 83.4 Å². The number of fused-ring (bicyclic) bond motifs is 1. The number of rotatable bonds is 5. The Bertz CT molecular complexity index is 1730. The van der Waals surface area contributed by atoms with E-state index in [1.807, 2.05) is 57.2 Å². The fourth-order valence-corrected chi connectivity index (χ4v) is 5.06. The first-order chi connectivity index (χ1) is 18.8. The van der Waals surface area contributed by atoms with Crippen LogP contribution in [0.15, 0.2) is 61.1 Å². The highest BCUT2D eigenvalue weighted by Crippen LogP contribution is 2.28. The molecule has 0 saturated carbocycles. The van der Waals surface area contributed by atoms with Gasteiger partial charge < -0.3 is 10.2 Å². The van der Waals surface area contributed by atoms with Crippen molar-refractivity contribution < 1.29 is 9.59 Å². The summed E-state index contributed by atoms with van der Waals surface area (Å²) in [5.74, 6) is 0.178. The molecule has 1 fully saturated rings. The third-order valence-corrected chi connectivity index (χ3v) is 7.05. The molecule has 0 aliphatic carbocycles. The van der Waals surface area contributed by atoms with Crippen LogP contribution in [0.2, 0.25) is 0 Å². The quantitative estimate of drug-likeness (QED) is 0.371. The lowest BCUT2D eigenvalue weighted by atomic mass is 10.1. The molecule has 2 aromatic carbocycles. The predicted octanol–water partition coefficient (Wildman–Crippen LogP) is 4.23. The van der Waals surface area contributed by atoms with Gasteiger partial charge in [-0.15, -0.1) is 0 Å². The summed E-state index contributed by atoms with van der Waals surface area (Å²) in [6, 6.07) is 15.7. The fraction of sp³-hybridized carbons (Fsp3) is 0.241. The summed E-state index contributed by atoms with van der Waals surface area (Å²) in [6.07, 6.45) is 3.33. The number of carbonyl (C=O) groups excluding carboxylic acids is 2. The first kappa shape index (κ1) is 24.5. The first-order valence-electron chi connectivity index (χ1n) is 12.8. The second-order valence-corrected chi connectivity index (χ2v) is 10.1. The average Bonchev–Trinajstić information content (AvgIpc) is 3.61. The molecule has 196 valence electrons. The van der Waals surface area contributed by atoms with Crippen molar-refractivity contribution in [2.24, 2.45) is 5.92 Å². The predicted molar refractivity (Wildman–Crippen MR) is 148 cm³/mol. The van der Waals surface area contributed by atoms with E-state index in [9.17, 15) is 9.59 Å². The number of aromatic nitrogens is 6. The largest absolute Gasteiger partial charge is 0.312 e. The maximum Gasteiger partial charge on any atom is 0.230 e. The Morgan fingerprint density at radius 1 is 0.949 bits per heavy atom. The van der Waals surface area contributed by atoms with Gasteiger partial charge in [0, 0.05) is 24.7 Å². The topological polar surface area (TPSA) is 111 Å². The Morgan fingerprint density at radius 3 is 2.49 bits per heavy atom. The minimum absolute atomic E-state index is 0.0694. The molecule has 4 heterocycles. The first-order valence-corrected chi connectivity index (χ1v) is 12.8. The highest BCUT2D eigenvalue weighted by molar-refractivity contribution is 6.03. The number of aryl methyl sites for hydroxylation is 4. The van der Waals surface area contributed by atoms with E-state index in [0.717, 1.165) is 22.5 Å². The van der Waals surface area contributed by atoms with Crippen LogP contribution in [-0.2, 0) is 9.59 Å². The van der Waals surface area contributed by atoms with Gasteiger partial charge in [0.05, 0.1) is 28.9 Å². The summed E-state index contributed by atoms with van der Waals surface area (Å²) >= 11 is 0. The standard InChI is InChI=1S/C29H28N8O2/c1-17-5-8-22(9-6-17)35-15-21(13-26(35)38)29(39)33-25-12-20(4)34-37(25)28-23-14-32-36(27(23)30-16-31-28)24-10-7-18(2)11-19(24)3/h5-12,14,16,21H,13,15H2,1-4H3,(H,33,39). The van der Waals surface area contributed by atoms with Gasteiger partial charge >= 0.3 is 0 Å². The lowest BCUT2D eigenvalue weighted by molar-refractivity contribution is -0.122. The summed E-state index contributed by atoms with van der Waals surface area (Å²) < 4.78 is 3.38. The zero-order valence-corrected chi connectivity index (χ0v) is 22.2. The van der Waals surface area contributed by atoms with Crippen LogP contribution >= 0.6 is 0 Å². The van der Waals surface area contributed by atoms with Gasteiger partial charge in [-0.2, -0.15) is 14.9 Å². The number of nitrogens with one attached hydrogen (secondary N) is 1. The number of anilines is 2. The number of hydrogen-bond donors (Lipinski definition) is 1. The van der Waals surface area contributed by atoms with Crippen molar-refractivity contribution in [2.45, 2.75) is 34.1 Å². The molecule has 1 aliphatic heterocycles. The van der Waals surface area contributed by atoms with Crippen LogP contribution in [0.5, 0.6) is 0 Å². The monoisotopic (exact) mass is 520 g/mol. The van der Waals surface area contributed by atoms with E-state index in [0.29, 0.717) is 34.9 Å². The molecule has 0 radical (unpaired) electrons. The van der Waals surface area contributed by atoms with Crippen molar-refractivity contribution in [1.29, 1.82) is 0 Å². The van der Waals surface area contributed by atoms with Crippen molar-refractivity contribution in [2.75, 3.05) is 16.8 Å². The summed E-state index contributed by atoms with van der Waals surface area (Å²) in [5.41, 5.74) is 6.42. The minimum atomic E-state index is -0.486. The molecule has 5 aromatic rings. The van der Waals surface area contributed by atoms with E-state index in [1.54, 1.807) is 26.5 Å². The Hall–Kier alpha value is -4.86. The van der Waals surface area contributed by atoms with Gasteiger partial charge in [0.1, 0.15) is 12.1 Å². The van der Waals surface area contributed by atoms with Gasteiger partial charge in [0.15, 0.2) is 11.5 Å². The Kier molecular flexibility index (Phi) is 5.94. The van der Waals surface area contributed by atoms with Crippen LogP contribution in [0, 0.1) is 33.6 Å². The van der Waals surface area contributed by atoms with Crippen molar-refractivity contribution in [3.63, 3.8) is 0 Å². The van der Waals surface area contributed by atoms with Crippen LogP contribution in [0.3, 0.4) is 0 Å². The van der Waals surface area contributed by atoms with Crippen LogP contribution in [0.1, 0.15) is 28.8 Å². The van der Waals surface area contributed by atoms with E-state index in [2.05, 4.69) is 38.5 Å². The van der Waals surface area contributed by atoms with Crippen LogP contribution < -0.4 is 10.2 Å². The number of carbonyl (C=O) groups is 2. The fourth-order valence-electron chi connectivity index (χ4n) is 5.06. The van der Waals surface area contributed by atoms with Gasteiger partial charge in [-0.1, -0.05) is 35.4 Å². The SMILES string of the molecule is Cc1ccc(N2CC(C(=O)Nc3cc(C)nn3-c3ncnc4c3cnn4-c3ccc(C)cc3C)CC2=O)cc1. The number of amides is 2. The molecule has 39 heavy (non-hydrogen) atoms. The Labute approximate surface area is 225 Å². The van der Waals surface area contributed by atoms with Crippen LogP contribution in [0.4, 0.5) is 11.5 Å². The van der Waals surface area contributed by atoms with E-state index in [-0.39, 0.29) is 18.2 Å². The zero-order chi connectivity index (χ0) is 27.3. The van der Waals surface area contributed by atoms with Crippen LogP contribution in [0.25, 0.3) is 22.5 Å². The van der Waals surface area contributed by atoms with Gasteiger partial charge in [-0.05, 0) is 51.5 Å². The molecule has 1 aliphatic rings. The van der Waals surface area contributed by atoms with Crippen molar-refractivity contribution in [3.8, 4) is 11.5 Å². The molecule has 0 spiro atoms. The maximum atomic E-state index is 13.3. The molecular formula is C29H28N8O2.